The molecular weight excluding hydrogens is 240 g/mol. The number of hydrogen-bond donors (Lipinski definition) is 0. The fourth-order valence-electron chi connectivity index (χ4n) is 2.48. The lowest BCUT2D eigenvalue weighted by molar-refractivity contribution is 0.209. The lowest BCUT2D eigenvalue weighted by atomic mass is 9.93. The average molecular weight is 260 g/mol. The highest BCUT2D eigenvalue weighted by Gasteiger charge is 2.20. The first kappa shape index (κ1) is 13.7. The Balaban J connectivity index is 2.36. The highest BCUT2D eigenvalue weighted by atomic mass is 16.1. The van der Waals surface area contributed by atoms with Gasteiger partial charge in [-0.05, 0) is 25.6 Å². The highest BCUT2D eigenvalue weighted by molar-refractivity contribution is 5.75. The van der Waals surface area contributed by atoms with Crippen molar-refractivity contribution in [2.75, 3.05) is 20.6 Å². The number of pyridine rings is 1. The van der Waals surface area contributed by atoms with Gasteiger partial charge in [0, 0.05) is 25.5 Å². The van der Waals surface area contributed by atoms with Gasteiger partial charge >= 0.3 is 0 Å². The molecule has 0 aliphatic rings. The van der Waals surface area contributed by atoms with Crippen LogP contribution in [0, 0.1) is 5.41 Å². The Morgan fingerprint density at radius 3 is 2.79 bits per heavy atom. The zero-order valence-electron chi connectivity index (χ0n) is 11.9. The molecule has 0 bridgehead atoms. The minimum atomic E-state index is -0.0232. The summed E-state index contributed by atoms with van der Waals surface area (Å²) >= 11 is 0. The van der Waals surface area contributed by atoms with Gasteiger partial charge in [-0.25, -0.2) is 4.98 Å². The van der Waals surface area contributed by atoms with Gasteiger partial charge in [0.1, 0.15) is 0 Å². The van der Waals surface area contributed by atoms with Crippen molar-refractivity contribution in [1.29, 1.82) is 0 Å². The van der Waals surface area contributed by atoms with E-state index < -0.39 is 0 Å². The third-order valence-corrected chi connectivity index (χ3v) is 2.97. The van der Waals surface area contributed by atoms with Crippen LogP contribution in [0.15, 0.2) is 29.6 Å². The van der Waals surface area contributed by atoms with Gasteiger partial charge in [0.05, 0.1) is 17.2 Å². The van der Waals surface area contributed by atoms with Gasteiger partial charge < -0.3 is 4.90 Å². The first-order valence-electron chi connectivity index (χ1n) is 6.33. The third-order valence-electron chi connectivity index (χ3n) is 2.97. The number of aromatic nitrogens is 3. The molecule has 2 rings (SSSR count). The summed E-state index contributed by atoms with van der Waals surface area (Å²) in [7, 11) is 4.07. The largest absolute Gasteiger partial charge is 0.309 e. The third kappa shape index (κ3) is 3.17. The minimum Gasteiger partial charge on any atom is -0.309 e. The van der Waals surface area contributed by atoms with E-state index in [0.29, 0.717) is 17.4 Å². The molecule has 2 heterocycles. The Morgan fingerprint density at radius 1 is 1.37 bits per heavy atom. The van der Waals surface area contributed by atoms with Crippen LogP contribution in [0.25, 0.3) is 10.9 Å². The molecule has 0 aliphatic carbocycles. The van der Waals surface area contributed by atoms with Gasteiger partial charge in [-0.2, -0.15) is 0 Å². The van der Waals surface area contributed by atoms with Gasteiger partial charge in [-0.1, -0.05) is 13.8 Å². The van der Waals surface area contributed by atoms with Crippen LogP contribution in [-0.2, 0) is 6.54 Å². The lowest BCUT2D eigenvalue weighted by Crippen LogP contribution is -2.35. The molecule has 0 unspecified atom stereocenters. The predicted molar refractivity (Wildman–Crippen MR) is 76.1 cm³/mol. The van der Waals surface area contributed by atoms with Gasteiger partial charge in [-0.15, -0.1) is 0 Å². The molecule has 0 fully saturated rings. The van der Waals surface area contributed by atoms with Crippen LogP contribution in [0.3, 0.4) is 0 Å². The fraction of sp³-hybridized carbons (Fsp3) is 0.500. The summed E-state index contributed by atoms with van der Waals surface area (Å²) in [5.74, 6) is 0. The van der Waals surface area contributed by atoms with Gasteiger partial charge in [0.15, 0.2) is 0 Å². The smallest absolute Gasteiger partial charge is 0.262 e. The SMILES string of the molecule is CN(C)CC(C)(C)Cn1cnc2ccncc2c1=O. The zero-order valence-corrected chi connectivity index (χ0v) is 11.9. The summed E-state index contributed by atoms with van der Waals surface area (Å²) in [6, 6.07) is 1.76. The van der Waals surface area contributed by atoms with Crippen molar-refractivity contribution in [2.24, 2.45) is 5.41 Å². The maximum Gasteiger partial charge on any atom is 0.262 e. The first-order chi connectivity index (χ1) is 8.89. The quantitative estimate of drug-likeness (QED) is 0.833. The molecule has 5 nitrogen and oxygen atoms in total. The normalized spacial score (nSPS) is 12.3. The molecule has 0 atom stereocenters. The molecule has 0 aromatic carbocycles. The van der Waals surface area contributed by atoms with Crippen LogP contribution in [0.2, 0.25) is 0 Å². The van der Waals surface area contributed by atoms with Crippen LogP contribution < -0.4 is 5.56 Å². The monoisotopic (exact) mass is 260 g/mol. The van der Waals surface area contributed by atoms with E-state index >= 15 is 0 Å². The predicted octanol–water partition coefficient (Wildman–Crippen LogP) is 1.38. The minimum absolute atomic E-state index is 0.00485. The number of rotatable bonds is 4. The molecule has 0 saturated carbocycles. The molecule has 0 saturated heterocycles. The van der Waals surface area contributed by atoms with E-state index in [0.717, 1.165) is 6.54 Å². The summed E-state index contributed by atoms with van der Waals surface area (Å²) < 4.78 is 1.67. The first-order valence-corrected chi connectivity index (χ1v) is 6.33. The molecule has 0 N–H and O–H groups in total. The lowest BCUT2D eigenvalue weighted by Gasteiger charge is -2.28. The molecule has 19 heavy (non-hydrogen) atoms. The van der Waals surface area contributed by atoms with Crippen LogP contribution in [-0.4, -0.2) is 40.1 Å². The summed E-state index contributed by atoms with van der Waals surface area (Å²) in [4.78, 5) is 22.8. The molecule has 5 heteroatoms. The molecule has 0 radical (unpaired) electrons. The topological polar surface area (TPSA) is 51.0 Å². The van der Waals surface area contributed by atoms with E-state index in [4.69, 9.17) is 0 Å². The highest BCUT2D eigenvalue weighted by Crippen LogP contribution is 2.18. The summed E-state index contributed by atoms with van der Waals surface area (Å²) in [6.45, 7) is 5.84. The van der Waals surface area contributed by atoms with Crippen molar-refractivity contribution in [2.45, 2.75) is 20.4 Å². The maximum atomic E-state index is 12.4. The Labute approximate surface area is 112 Å². The zero-order chi connectivity index (χ0) is 14.0. The molecule has 0 aliphatic heterocycles. The van der Waals surface area contributed by atoms with Crippen LogP contribution in [0.4, 0.5) is 0 Å². The van der Waals surface area contributed by atoms with Crippen LogP contribution in [0.5, 0.6) is 0 Å². The van der Waals surface area contributed by atoms with Gasteiger partial charge in [0.25, 0.3) is 5.56 Å². The average Bonchev–Trinajstić information content (AvgIpc) is 2.31. The standard InChI is InChI=1S/C14H20N4O/c1-14(2,8-17(3)4)9-18-10-16-12-5-6-15-7-11(12)13(18)19/h5-7,10H,8-9H2,1-4H3. The number of nitrogens with zero attached hydrogens (tertiary/aromatic N) is 4. The van der Waals surface area contributed by atoms with Crippen molar-refractivity contribution in [3.05, 3.63) is 35.1 Å². The Hall–Kier alpha value is -1.75. The Kier molecular flexibility index (Phi) is 3.66. The van der Waals surface area contributed by atoms with Crippen molar-refractivity contribution in [3.8, 4) is 0 Å². The van der Waals surface area contributed by atoms with Gasteiger partial charge in [-0.3, -0.25) is 14.3 Å². The molecular formula is C14H20N4O. The van der Waals surface area contributed by atoms with Crippen molar-refractivity contribution < 1.29 is 0 Å². The molecule has 2 aromatic rings. The second-order valence-electron chi connectivity index (χ2n) is 5.97. The van der Waals surface area contributed by atoms with Crippen molar-refractivity contribution in [3.63, 3.8) is 0 Å². The van der Waals surface area contributed by atoms with E-state index in [1.54, 1.807) is 29.4 Å². The van der Waals surface area contributed by atoms with Crippen molar-refractivity contribution in [1.82, 2.24) is 19.4 Å². The Bertz CT molecular complexity index is 631. The maximum absolute atomic E-state index is 12.4. The molecule has 102 valence electrons. The van der Waals surface area contributed by atoms with Gasteiger partial charge in [0.2, 0.25) is 0 Å². The summed E-state index contributed by atoms with van der Waals surface area (Å²) in [5, 5.41) is 0.575. The molecule has 0 amide bonds. The second-order valence-corrected chi connectivity index (χ2v) is 5.97. The fourth-order valence-corrected chi connectivity index (χ4v) is 2.48. The van der Waals surface area contributed by atoms with Crippen molar-refractivity contribution >= 4 is 10.9 Å². The van der Waals surface area contributed by atoms with Crippen LogP contribution in [0.1, 0.15) is 13.8 Å². The molecule has 2 aromatic heterocycles. The summed E-state index contributed by atoms with van der Waals surface area (Å²) in [5.41, 5.74) is 0.678. The van der Waals surface area contributed by atoms with Crippen LogP contribution >= 0.6 is 0 Å². The van der Waals surface area contributed by atoms with E-state index in [1.165, 1.54) is 0 Å². The second kappa shape index (κ2) is 5.09. The van der Waals surface area contributed by atoms with E-state index in [1.807, 2.05) is 14.1 Å². The Morgan fingerprint density at radius 2 is 2.11 bits per heavy atom. The van der Waals surface area contributed by atoms with E-state index in [9.17, 15) is 4.79 Å². The van der Waals surface area contributed by atoms with E-state index in [2.05, 4.69) is 28.7 Å². The number of hydrogen-bond acceptors (Lipinski definition) is 4. The van der Waals surface area contributed by atoms with E-state index in [-0.39, 0.29) is 11.0 Å². The molecule has 0 spiro atoms. The summed E-state index contributed by atoms with van der Waals surface area (Å²) in [6.07, 6.45) is 4.86. The number of fused-ring (bicyclic) bond motifs is 1.